The van der Waals surface area contributed by atoms with Crippen LogP contribution in [0.5, 0.6) is 0 Å². The maximum Gasteiger partial charge on any atom is 0.449 e. The molecule has 1 aliphatic heterocycles. The topological polar surface area (TPSA) is 107 Å². The van der Waals surface area contributed by atoms with Crippen LogP contribution in [0.4, 0.5) is 13.2 Å². The van der Waals surface area contributed by atoms with Crippen LogP contribution in [-0.2, 0) is 36.9 Å². The summed E-state index contributed by atoms with van der Waals surface area (Å²) in [6.45, 7) is -1.50. The van der Waals surface area contributed by atoms with Gasteiger partial charge >= 0.3 is 12.1 Å². The Balaban J connectivity index is 1.63. The summed E-state index contributed by atoms with van der Waals surface area (Å²) < 4.78 is 67.7. The van der Waals surface area contributed by atoms with Crippen molar-refractivity contribution < 1.29 is 35.9 Å². The van der Waals surface area contributed by atoms with E-state index in [4.69, 9.17) is 4.74 Å². The van der Waals surface area contributed by atoms with Crippen molar-refractivity contribution in [2.75, 3.05) is 18.1 Å². The van der Waals surface area contributed by atoms with E-state index in [0.717, 1.165) is 0 Å². The largest absolute Gasteiger partial charge is 0.454 e. The molecule has 152 valence electrons. The zero-order valence-electron chi connectivity index (χ0n) is 14.4. The first-order valence-electron chi connectivity index (χ1n) is 8.23. The number of esters is 1. The van der Waals surface area contributed by atoms with E-state index in [0.29, 0.717) is 4.57 Å². The summed E-state index contributed by atoms with van der Waals surface area (Å²) >= 11 is 0. The van der Waals surface area contributed by atoms with Crippen LogP contribution in [0, 0.1) is 0 Å². The Kier molecular flexibility index (Phi) is 5.33. The lowest BCUT2D eigenvalue weighted by Gasteiger charge is -2.13. The number of para-hydroxylation sites is 2. The number of hydrogen-bond acceptors (Lipinski definition) is 6. The summed E-state index contributed by atoms with van der Waals surface area (Å²) in [5.74, 6) is -3.25. The molecule has 1 amide bonds. The van der Waals surface area contributed by atoms with Gasteiger partial charge in [0.05, 0.1) is 22.5 Å². The normalized spacial score (nSPS) is 18.9. The Morgan fingerprint density at radius 3 is 2.64 bits per heavy atom. The fourth-order valence-electron chi connectivity index (χ4n) is 2.95. The first-order valence-corrected chi connectivity index (χ1v) is 10.1. The number of fused-ring (bicyclic) bond motifs is 1. The predicted octanol–water partition coefficient (Wildman–Crippen LogP) is 0.902. The molecular weight excluding hydrogens is 403 g/mol. The van der Waals surface area contributed by atoms with E-state index in [1.54, 1.807) is 0 Å². The van der Waals surface area contributed by atoms with Crippen molar-refractivity contribution in [3.05, 3.63) is 30.1 Å². The fourth-order valence-corrected chi connectivity index (χ4v) is 4.62. The van der Waals surface area contributed by atoms with Crippen LogP contribution in [0.25, 0.3) is 11.0 Å². The molecule has 1 N–H and O–H groups in total. The van der Waals surface area contributed by atoms with Gasteiger partial charge in [0.25, 0.3) is 5.91 Å². The molecule has 2 heterocycles. The highest BCUT2D eigenvalue weighted by molar-refractivity contribution is 7.91. The summed E-state index contributed by atoms with van der Waals surface area (Å²) in [6, 6.07) is 5.24. The van der Waals surface area contributed by atoms with Gasteiger partial charge in [0, 0.05) is 6.04 Å². The van der Waals surface area contributed by atoms with E-state index in [-0.39, 0.29) is 29.0 Å². The van der Waals surface area contributed by atoms with Crippen molar-refractivity contribution in [3.63, 3.8) is 0 Å². The second kappa shape index (κ2) is 7.41. The number of aromatic nitrogens is 2. The van der Waals surface area contributed by atoms with Crippen molar-refractivity contribution in [3.8, 4) is 0 Å². The minimum Gasteiger partial charge on any atom is -0.454 e. The van der Waals surface area contributed by atoms with Gasteiger partial charge in [0.2, 0.25) is 5.82 Å². The molecule has 12 heteroatoms. The second-order valence-corrected chi connectivity index (χ2v) is 8.56. The molecule has 1 aromatic carbocycles. The predicted molar refractivity (Wildman–Crippen MR) is 90.9 cm³/mol. The van der Waals surface area contributed by atoms with Crippen LogP contribution in [0.3, 0.4) is 0 Å². The lowest BCUT2D eigenvalue weighted by Crippen LogP contribution is -2.38. The van der Waals surface area contributed by atoms with Crippen LogP contribution >= 0.6 is 0 Å². The Hall–Kier alpha value is -2.63. The highest BCUT2D eigenvalue weighted by Crippen LogP contribution is 2.31. The zero-order valence-corrected chi connectivity index (χ0v) is 15.2. The molecule has 0 bridgehead atoms. The number of nitrogens with one attached hydrogen (secondary N) is 1. The van der Waals surface area contributed by atoms with E-state index in [9.17, 15) is 31.2 Å². The molecule has 28 heavy (non-hydrogen) atoms. The molecule has 0 radical (unpaired) electrons. The maximum atomic E-state index is 13.2. The highest BCUT2D eigenvalue weighted by Gasteiger charge is 2.38. The number of carbonyl (C=O) groups excluding carboxylic acids is 2. The number of hydrogen-bond donors (Lipinski definition) is 1. The average molecular weight is 419 g/mol. The van der Waals surface area contributed by atoms with Gasteiger partial charge < -0.3 is 14.6 Å². The monoisotopic (exact) mass is 419 g/mol. The van der Waals surface area contributed by atoms with Crippen molar-refractivity contribution in [1.29, 1.82) is 0 Å². The van der Waals surface area contributed by atoms with Gasteiger partial charge in [-0.2, -0.15) is 13.2 Å². The SMILES string of the molecule is O=C(COC(=O)Cn1c(C(F)(F)F)nc2ccccc21)NC1CCS(=O)(=O)C1. The van der Waals surface area contributed by atoms with Crippen LogP contribution in [0.15, 0.2) is 24.3 Å². The van der Waals surface area contributed by atoms with Crippen molar-refractivity contribution in [1.82, 2.24) is 14.9 Å². The smallest absolute Gasteiger partial charge is 0.449 e. The molecule has 0 aliphatic carbocycles. The first-order chi connectivity index (χ1) is 13.0. The summed E-state index contributed by atoms with van der Waals surface area (Å²) in [5.41, 5.74) is 0.176. The van der Waals surface area contributed by atoms with E-state index < -0.39 is 52.9 Å². The number of sulfone groups is 1. The number of carbonyl (C=O) groups is 2. The Morgan fingerprint density at radius 2 is 2.00 bits per heavy atom. The molecule has 1 aromatic heterocycles. The van der Waals surface area contributed by atoms with E-state index in [1.807, 2.05) is 0 Å². The summed E-state index contributed by atoms with van der Waals surface area (Å²) in [4.78, 5) is 27.2. The van der Waals surface area contributed by atoms with Gasteiger partial charge in [-0.3, -0.25) is 9.59 Å². The molecule has 1 atom stereocenters. The van der Waals surface area contributed by atoms with Crippen molar-refractivity contribution >= 4 is 32.7 Å². The Labute approximate surface area is 157 Å². The molecule has 8 nitrogen and oxygen atoms in total. The molecule has 2 aromatic rings. The van der Waals surface area contributed by atoms with Gasteiger partial charge in [-0.25, -0.2) is 13.4 Å². The van der Waals surface area contributed by atoms with Crippen molar-refractivity contribution in [2.24, 2.45) is 0 Å². The lowest BCUT2D eigenvalue weighted by atomic mass is 10.2. The standard InChI is InChI=1S/C16H16F3N3O5S/c17-16(18,19)15-21-11-3-1-2-4-12(11)22(15)7-14(24)27-8-13(23)20-10-5-6-28(25,26)9-10/h1-4,10H,5-9H2,(H,20,23). The summed E-state index contributed by atoms with van der Waals surface area (Å²) in [5, 5.41) is 2.42. The van der Waals surface area contributed by atoms with Gasteiger partial charge in [-0.15, -0.1) is 0 Å². The molecule has 1 fully saturated rings. The molecule has 1 aliphatic rings. The highest BCUT2D eigenvalue weighted by atomic mass is 32.2. The molecular formula is C16H16F3N3O5S. The number of halogens is 3. The van der Waals surface area contributed by atoms with Crippen LogP contribution in [0.1, 0.15) is 12.2 Å². The summed E-state index contributed by atoms with van der Waals surface area (Å²) in [7, 11) is -3.19. The van der Waals surface area contributed by atoms with Crippen LogP contribution < -0.4 is 5.32 Å². The number of benzene rings is 1. The Bertz CT molecular complexity index is 1020. The summed E-state index contributed by atoms with van der Waals surface area (Å²) in [6.07, 6.45) is -4.51. The van der Waals surface area contributed by atoms with E-state index in [2.05, 4.69) is 10.3 Å². The van der Waals surface area contributed by atoms with E-state index in [1.165, 1.54) is 24.3 Å². The average Bonchev–Trinajstić information content (AvgIpc) is 3.13. The van der Waals surface area contributed by atoms with E-state index >= 15 is 0 Å². The third kappa shape index (κ3) is 4.61. The molecule has 1 unspecified atom stereocenters. The zero-order chi connectivity index (χ0) is 20.5. The number of alkyl halides is 3. The minimum absolute atomic E-state index is 0.0361. The second-order valence-electron chi connectivity index (χ2n) is 6.34. The van der Waals surface area contributed by atoms with Gasteiger partial charge in [-0.05, 0) is 18.6 Å². The fraction of sp³-hybridized carbons (Fsp3) is 0.438. The number of imidazole rings is 1. The van der Waals surface area contributed by atoms with Crippen LogP contribution in [0.2, 0.25) is 0 Å². The Morgan fingerprint density at radius 1 is 1.29 bits per heavy atom. The van der Waals surface area contributed by atoms with Gasteiger partial charge in [0.15, 0.2) is 16.4 Å². The number of amides is 1. The molecule has 3 rings (SSSR count). The van der Waals surface area contributed by atoms with Gasteiger partial charge in [0.1, 0.15) is 6.54 Å². The lowest BCUT2D eigenvalue weighted by molar-refractivity contribution is -0.153. The number of nitrogens with zero attached hydrogens (tertiary/aromatic N) is 2. The third-order valence-corrected chi connectivity index (χ3v) is 5.93. The van der Waals surface area contributed by atoms with Crippen LogP contribution in [-0.4, -0.2) is 54.0 Å². The maximum absolute atomic E-state index is 13.2. The third-order valence-electron chi connectivity index (χ3n) is 4.16. The molecule has 0 spiro atoms. The molecule has 1 saturated heterocycles. The van der Waals surface area contributed by atoms with Gasteiger partial charge in [-0.1, -0.05) is 12.1 Å². The van der Waals surface area contributed by atoms with Crippen molar-refractivity contribution in [2.45, 2.75) is 25.2 Å². The number of ether oxygens (including phenoxy) is 1. The number of rotatable bonds is 5. The quantitative estimate of drug-likeness (QED) is 0.722. The molecule has 0 saturated carbocycles. The minimum atomic E-state index is -4.77. The first kappa shape index (κ1) is 20.1.